The molecule has 1 aromatic carbocycles. The SMILES string of the molecule is N#Cc1cc(NCc2nnc3n2CCCCC3)nc2ccc(Cl)cc12. The fraction of sp³-hybridized carbons (Fsp3) is 0.333. The van der Waals surface area contributed by atoms with Gasteiger partial charge in [0.2, 0.25) is 0 Å². The highest BCUT2D eigenvalue weighted by Gasteiger charge is 2.15. The third-order valence-corrected chi connectivity index (χ3v) is 4.74. The van der Waals surface area contributed by atoms with Crippen molar-refractivity contribution in [1.82, 2.24) is 19.7 Å². The number of fused-ring (bicyclic) bond motifs is 2. The highest BCUT2D eigenvalue weighted by Crippen LogP contribution is 2.24. The number of hydrogen-bond donors (Lipinski definition) is 1. The average Bonchev–Trinajstić information content (AvgIpc) is 2.85. The van der Waals surface area contributed by atoms with E-state index < -0.39 is 0 Å². The van der Waals surface area contributed by atoms with E-state index >= 15 is 0 Å². The molecule has 0 fully saturated rings. The molecule has 0 radical (unpaired) electrons. The van der Waals surface area contributed by atoms with E-state index in [1.807, 2.05) is 6.07 Å². The normalized spacial score (nSPS) is 13.9. The molecule has 1 aliphatic rings. The first-order chi connectivity index (χ1) is 12.2. The summed E-state index contributed by atoms with van der Waals surface area (Å²) in [5, 5.41) is 22.7. The van der Waals surface area contributed by atoms with Crippen molar-refractivity contribution < 1.29 is 0 Å². The summed E-state index contributed by atoms with van der Waals surface area (Å²) in [5.74, 6) is 2.62. The Labute approximate surface area is 150 Å². The maximum Gasteiger partial charge on any atom is 0.152 e. The summed E-state index contributed by atoms with van der Waals surface area (Å²) >= 11 is 6.03. The Balaban J connectivity index is 1.60. The van der Waals surface area contributed by atoms with Gasteiger partial charge in [0.25, 0.3) is 0 Å². The molecule has 0 unspecified atom stereocenters. The lowest BCUT2D eigenvalue weighted by Crippen LogP contribution is -2.11. The summed E-state index contributed by atoms with van der Waals surface area (Å²) in [4.78, 5) is 4.58. The summed E-state index contributed by atoms with van der Waals surface area (Å²) in [7, 11) is 0. The van der Waals surface area contributed by atoms with Crippen LogP contribution in [0.2, 0.25) is 5.02 Å². The second-order valence-electron chi connectivity index (χ2n) is 6.18. The molecule has 0 atom stereocenters. The van der Waals surface area contributed by atoms with Crippen molar-refractivity contribution in [3.05, 3.63) is 46.5 Å². The van der Waals surface area contributed by atoms with Crippen LogP contribution in [0.5, 0.6) is 0 Å². The van der Waals surface area contributed by atoms with E-state index in [1.165, 1.54) is 12.8 Å². The molecular formula is C18H17ClN6. The van der Waals surface area contributed by atoms with Crippen molar-refractivity contribution in [3.8, 4) is 6.07 Å². The van der Waals surface area contributed by atoms with Gasteiger partial charge in [-0.1, -0.05) is 18.0 Å². The maximum atomic E-state index is 9.42. The lowest BCUT2D eigenvalue weighted by molar-refractivity contribution is 0.610. The average molecular weight is 353 g/mol. The monoisotopic (exact) mass is 352 g/mol. The molecule has 126 valence electrons. The fourth-order valence-corrected chi connectivity index (χ4v) is 3.40. The van der Waals surface area contributed by atoms with Crippen LogP contribution in [0.3, 0.4) is 0 Å². The first-order valence-corrected chi connectivity index (χ1v) is 8.77. The molecule has 1 aliphatic heterocycles. The molecule has 0 aliphatic carbocycles. The van der Waals surface area contributed by atoms with Gasteiger partial charge in [-0.3, -0.25) is 0 Å². The van der Waals surface area contributed by atoms with E-state index in [-0.39, 0.29) is 0 Å². The second-order valence-corrected chi connectivity index (χ2v) is 6.61. The number of benzene rings is 1. The Morgan fingerprint density at radius 2 is 2.12 bits per heavy atom. The first kappa shape index (κ1) is 15.9. The van der Waals surface area contributed by atoms with Gasteiger partial charge < -0.3 is 9.88 Å². The zero-order chi connectivity index (χ0) is 17.2. The largest absolute Gasteiger partial charge is 0.363 e. The van der Waals surface area contributed by atoms with Gasteiger partial charge in [-0.05, 0) is 37.1 Å². The minimum Gasteiger partial charge on any atom is -0.363 e. The minimum absolute atomic E-state index is 0.532. The van der Waals surface area contributed by atoms with Crippen molar-refractivity contribution in [2.45, 2.75) is 38.8 Å². The fourth-order valence-electron chi connectivity index (χ4n) is 3.23. The zero-order valence-corrected chi connectivity index (χ0v) is 14.4. The second kappa shape index (κ2) is 6.69. The van der Waals surface area contributed by atoms with E-state index in [2.05, 4.69) is 31.1 Å². The van der Waals surface area contributed by atoms with Gasteiger partial charge in [-0.15, -0.1) is 10.2 Å². The molecule has 2 aromatic heterocycles. The molecule has 3 heterocycles. The number of aromatic nitrogens is 4. The Morgan fingerprint density at radius 1 is 1.20 bits per heavy atom. The van der Waals surface area contributed by atoms with Crippen LogP contribution in [-0.4, -0.2) is 19.7 Å². The number of nitrogens with zero attached hydrogens (tertiary/aromatic N) is 5. The van der Waals surface area contributed by atoms with E-state index in [0.717, 1.165) is 41.9 Å². The Morgan fingerprint density at radius 3 is 3.00 bits per heavy atom. The summed E-state index contributed by atoms with van der Waals surface area (Å²) in [5.41, 5.74) is 1.29. The predicted molar refractivity (Wildman–Crippen MR) is 96.4 cm³/mol. The van der Waals surface area contributed by atoms with E-state index in [1.54, 1.807) is 18.2 Å². The molecule has 0 bridgehead atoms. The summed E-state index contributed by atoms with van der Waals surface area (Å²) in [6.07, 6.45) is 4.55. The molecular weight excluding hydrogens is 336 g/mol. The van der Waals surface area contributed by atoms with Crippen LogP contribution in [-0.2, 0) is 19.5 Å². The van der Waals surface area contributed by atoms with Crippen LogP contribution in [0.15, 0.2) is 24.3 Å². The zero-order valence-electron chi connectivity index (χ0n) is 13.7. The lowest BCUT2D eigenvalue weighted by Gasteiger charge is -2.10. The van der Waals surface area contributed by atoms with Crippen LogP contribution >= 0.6 is 11.6 Å². The van der Waals surface area contributed by atoms with Crippen LogP contribution in [0.1, 0.15) is 36.5 Å². The molecule has 3 aromatic rings. The van der Waals surface area contributed by atoms with Gasteiger partial charge in [0.1, 0.15) is 11.6 Å². The molecule has 1 N–H and O–H groups in total. The number of aryl methyl sites for hydroxylation is 1. The molecule has 0 spiro atoms. The standard InChI is InChI=1S/C18H17ClN6/c19-13-5-6-15-14(9-13)12(10-20)8-16(22-15)21-11-18-24-23-17-4-2-1-3-7-25(17)18/h5-6,8-9H,1-4,7,11H2,(H,21,22). The van der Waals surface area contributed by atoms with Gasteiger partial charge in [0, 0.05) is 23.4 Å². The Bertz CT molecular complexity index is 972. The van der Waals surface area contributed by atoms with Crippen molar-refractivity contribution in [2.75, 3.05) is 5.32 Å². The summed E-state index contributed by atoms with van der Waals surface area (Å²) in [6.45, 7) is 1.50. The van der Waals surface area contributed by atoms with Crippen molar-refractivity contribution in [1.29, 1.82) is 5.26 Å². The van der Waals surface area contributed by atoms with E-state index in [0.29, 0.717) is 22.9 Å². The van der Waals surface area contributed by atoms with Gasteiger partial charge in [0.15, 0.2) is 5.82 Å². The third-order valence-electron chi connectivity index (χ3n) is 4.50. The first-order valence-electron chi connectivity index (χ1n) is 8.40. The van der Waals surface area contributed by atoms with E-state index in [4.69, 9.17) is 11.6 Å². The summed E-state index contributed by atoms with van der Waals surface area (Å²) in [6, 6.07) is 9.34. The quantitative estimate of drug-likeness (QED) is 0.777. The topological polar surface area (TPSA) is 79.4 Å². The van der Waals surface area contributed by atoms with Crippen LogP contribution in [0, 0.1) is 11.3 Å². The Kier molecular flexibility index (Phi) is 4.24. The number of halogens is 1. The number of nitrogens with one attached hydrogen (secondary N) is 1. The number of hydrogen-bond acceptors (Lipinski definition) is 5. The molecule has 6 nitrogen and oxygen atoms in total. The Hall–Kier alpha value is -2.65. The van der Waals surface area contributed by atoms with Gasteiger partial charge in [-0.25, -0.2) is 4.98 Å². The third kappa shape index (κ3) is 3.15. The number of rotatable bonds is 3. The molecule has 0 saturated carbocycles. The number of pyridine rings is 1. The van der Waals surface area contributed by atoms with Crippen LogP contribution < -0.4 is 5.32 Å². The van der Waals surface area contributed by atoms with Crippen LogP contribution in [0.25, 0.3) is 10.9 Å². The summed E-state index contributed by atoms with van der Waals surface area (Å²) < 4.78 is 2.20. The molecule has 7 heteroatoms. The molecule has 0 saturated heterocycles. The van der Waals surface area contributed by atoms with Crippen LogP contribution in [0.4, 0.5) is 5.82 Å². The lowest BCUT2D eigenvalue weighted by atomic mass is 10.1. The van der Waals surface area contributed by atoms with Gasteiger partial charge >= 0.3 is 0 Å². The van der Waals surface area contributed by atoms with Crippen molar-refractivity contribution in [2.24, 2.45) is 0 Å². The molecule has 25 heavy (non-hydrogen) atoms. The maximum absolute atomic E-state index is 9.42. The highest BCUT2D eigenvalue weighted by atomic mass is 35.5. The molecule has 0 amide bonds. The van der Waals surface area contributed by atoms with Gasteiger partial charge in [-0.2, -0.15) is 5.26 Å². The van der Waals surface area contributed by atoms with E-state index in [9.17, 15) is 5.26 Å². The number of nitriles is 1. The highest BCUT2D eigenvalue weighted by molar-refractivity contribution is 6.31. The molecule has 4 rings (SSSR count). The van der Waals surface area contributed by atoms with Gasteiger partial charge in [0.05, 0.1) is 23.7 Å². The minimum atomic E-state index is 0.532. The van der Waals surface area contributed by atoms with Crippen molar-refractivity contribution >= 4 is 28.3 Å². The smallest absolute Gasteiger partial charge is 0.152 e. The predicted octanol–water partition coefficient (Wildman–Crippen LogP) is 3.69. The van der Waals surface area contributed by atoms with Crippen molar-refractivity contribution in [3.63, 3.8) is 0 Å². The number of anilines is 1.